The Morgan fingerprint density at radius 1 is 1.25 bits per heavy atom. The Morgan fingerprint density at radius 3 is 2.30 bits per heavy atom. The third-order valence-electron chi connectivity index (χ3n) is 3.19. The Balaban J connectivity index is 2.59. The Bertz CT molecular complexity index is 436. The highest BCUT2D eigenvalue weighted by molar-refractivity contribution is 5.86. The summed E-state index contributed by atoms with van der Waals surface area (Å²) in [5.41, 5.74) is 5.78. The standard InChI is InChI=1S/C16H26N2O2/c1-15(2,3)10-13(19)11-18-14(20)16(4,17)12-8-6-5-7-9-12/h5-9,13,19H,10-11,17H2,1-4H3,(H,18,20). The van der Waals surface area contributed by atoms with Crippen molar-refractivity contribution in [3.05, 3.63) is 35.9 Å². The van der Waals surface area contributed by atoms with Gasteiger partial charge >= 0.3 is 0 Å². The van der Waals surface area contributed by atoms with Gasteiger partial charge in [-0.3, -0.25) is 4.79 Å². The lowest BCUT2D eigenvalue weighted by Gasteiger charge is -2.26. The topological polar surface area (TPSA) is 75.3 Å². The maximum atomic E-state index is 12.2. The Labute approximate surface area is 121 Å². The average Bonchev–Trinajstić information content (AvgIpc) is 2.35. The van der Waals surface area contributed by atoms with Crippen LogP contribution in [0, 0.1) is 5.41 Å². The maximum absolute atomic E-state index is 12.2. The van der Waals surface area contributed by atoms with Gasteiger partial charge in [-0.05, 0) is 24.3 Å². The molecule has 4 nitrogen and oxygen atoms in total. The molecule has 112 valence electrons. The highest BCUT2D eigenvalue weighted by atomic mass is 16.3. The molecule has 0 heterocycles. The molecule has 0 saturated carbocycles. The molecule has 0 radical (unpaired) electrons. The van der Waals surface area contributed by atoms with Crippen molar-refractivity contribution < 1.29 is 9.90 Å². The summed E-state index contributed by atoms with van der Waals surface area (Å²) in [5, 5.41) is 12.6. The van der Waals surface area contributed by atoms with E-state index in [1.54, 1.807) is 6.92 Å². The molecule has 1 amide bonds. The van der Waals surface area contributed by atoms with Gasteiger partial charge in [0.05, 0.1) is 6.10 Å². The predicted octanol–water partition coefficient (Wildman–Crippen LogP) is 1.77. The van der Waals surface area contributed by atoms with E-state index in [2.05, 4.69) is 26.1 Å². The highest BCUT2D eigenvalue weighted by Gasteiger charge is 2.30. The Kier molecular flexibility index (Phi) is 5.31. The first-order valence-electron chi connectivity index (χ1n) is 6.94. The van der Waals surface area contributed by atoms with Crippen molar-refractivity contribution in [2.75, 3.05) is 6.54 Å². The fraction of sp³-hybridized carbons (Fsp3) is 0.562. The zero-order valence-corrected chi connectivity index (χ0v) is 12.8. The van der Waals surface area contributed by atoms with E-state index in [4.69, 9.17) is 5.73 Å². The predicted molar refractivity (Wildman–Crippen MR) is 81.1 cm³/mol. The fourth-order valence-corrected chi connectivity index (χ4v) is 2.09. The van der Waals surface area contributed by atoms with Crippen LogP contribution in [0.4, 0.5) is 0 Å². The lowest BCUT2D eigenvalue weighted by atomic mass is 9.89. The first kappa shape index (κ1) is 16.7. The molecule has 0 fully saturated rings. The van der Waals surface area contributed by atoms with E-state index in [9.17, 15) is 9.90 Å². The minimum atomic E-state index is -1.09. The van der Waals surface area contributed by atoms with Crippen LogP contribution in [0.15, 0.2) is 30.3 Å². The molecule has 0 aliphatic heterocycles. The van der Waals surface area contributed by atoms with Gasteiger partial charge in [-0.25, -0.2) is 0 Å². The first-order chi connectivity index (χ1) is 9.13. The maximum Gasteiger partial charge on any atom is 0.244 e. The van der Waals surface area contributed by atoms with Gasteiger partial charge in [-0.1, -0.05) is 51.1 Å². The summed E-state index contributed by atoms with van der Waals surface area (Å²) in [4.78, 5) is 12.2. The molecule has 1 aromatic rings. The van der Waals surface area contributed by atoms with Crippen molar-refractivity contribution in [1.82, 2.24) is 5.32 Å². The van der Waals surface area contributed by atoms with E-state index in [-0.39, 0.29) is 17.9 Å². The molecule has 4 heteroatoms. The molecule has 0 aliphatic carbocycles. The zero-order chi connectivity index (χ0) is 15.4. The molecular weight excluding hydrogens is 252 g/mol. The van der Waals surface area contributed by atoms with Crippen LogP contribution < -0.4 is 11.1 Å². The van der Waals surface area contributed by atoms with Crippen LogP contribution in [0.5, 0.6) is 0 Å². The van der Waals surface area contributed by atoms with Crippen molar-refractivity contribution in [3.63, 3.8) is 0 Å². The minimum absolute atomic E-state index is 0.0234. The van der Waals surface area contributed by atoms with Crippen molar-refractivity contribution in [3.8, 4) is 0 Å². The van der Waals surface area contributed by atoms with Gasteiger partial charge in [0.15, 0.2) is 0 Å². The van der Waals surface area contributed by atoms with Gasteiger partial charge in [0.1, 0.15) is 5.54 Å². The zero-order valence-electron chi connectivity index (χ0n) is 12.8. The smallest absolute Gasteiger partial charge is 0.244 e. The molecule has 20 heavy (non-hydrogen) atoms. The lowest BCUT2D eigenvalue weighted by Crippen LogP contribution is -2.50. The molecule has 1 rings (SSSR count). The van der Waals surface area contributed by atoms with Crippen LogP contribution in [0.2, 0.25) is 0 Å². The van der Waals surface area contributed by atoms with Gasteiger partial charge < -0.3 is 16.2 Å². The number of aliphatic hydroxyl groups is 1. The quantitative estimate of drug-likeness (QED) is 0.768. The number of carbonyl (C=O) groups excluding carboxylic acids is 1. The van der Waals surface area contributed by atoms with E-state index < -0.39 is 11.6 Å². The summed E-state index contributed by atoms with van der Waals surface area (Å²) in [6.45, 7) is 8.04. The summed E-state index contributed by atoms with van der Waals surface area (Å²) in [6, 6.07) is 9.23. The third-order valence-corrected chi connectivity index (χ3v) is 3.19. The second-order valence-electron chi connectivity index (χ2n) is 6.70. The monoisotopic (exact) mass is 278 g/mol. The van der Waals surface area contributed by atoms with E-state index in [1.165, 1.54) is 0 Å². The van der Waals surface area contributed by atoms with Crippen LogP contribution in [0.1, 0.15) is 39.7 Å². The van der Waals surface area contributed by atoms with Crippen molar-refractivity contribution >= 4 is 5.91 Å². The second-order valence-corrected chi connectivity index (χ2v) is 6.70. The number of nitrogens with one attached hydrogen (secondary N) is 1. The molecule has 0 spiro atoms. The van der Waals surface area contributed by atoms with Gasteiger partial charge in [0.25, 0.3) is 0 Å². The van der Waals surface area contributed by atoms with Gasteiger partial charge in [0, 0.05) is 6.54 Å². The highest BCUT2D eigenvalue weighted by Crippen LogP contribution is 2.21. The molecule has 0 aromatic heterocycles. The van der Waals surface area contributed by atoms with Crippen LogP contribution in [-0.4, -0.2) is 23.7 Å². The SMILES string of the molecule is CC(C)(C)CC(O)CNC(=O)C(C)(N)c1ccccc1. The summed E-state index contributed by atoms with van der Waals surface area (Å²) in [6.07, 6.45) is 0.0606. The summed E-state index contributed by atoms with van der Waals surface area (Å²) < 4.78 is 0. The van der Waals surface area contributed by atoms with Crippen molar-refractivity contribution in [2.45, 2.75) is 45.8 Å². The van der Waals surface area contributed by atoms with E-state index in [1.807, 2.05) is 30.3 Å². The first-order valence-corrected chi connectivity index (χ1v) is 6.94. The normalized spacial score (nSPS) is 16.3. The number of benzene rings is 1. The van der Waals surface area contributed by atoms with Crippen LogP contribution >= 0.6 is 0 Å². The molecule has 0 bridgehead atoms. The third kappa shape index (κ3) is 4.94. The number of hydrogen-bond donors (Lipinski definition) is 3. The molecule has 2 atom stereocenters. The van der Waals surface area contributed by atoms with E-state index in [0.717, 1.165) is 5.56 Å². The van der Waals surface area contributed by atoms with Gasteiger partial charge in [0.2, 0.25) is 5.91 Å². The fourth-order valence-electron chi connectivity index (χ4n) is 2.09. The molecule has 2 unspecified atom stereocenters. The Hall–Kier alpha value is -1.39. The van der Waals surface area contributed by atoms with Crippen LogP contribution in [0.25, 0.3) is 0 Å². The van der Waals surface area contributed by atoms with Gasteiger partial charge in [-0.2, -0.15) is 0 Å². The van der Waals surface area contributed by atoms with E-state index >= 15 is 0 Å². The number of rotatable bonds is 5. The van der Waals surface area contributed by atoms with Crippen molar-refractivity contribution in [1.29, 1.82) is 0 Å². The molecule has 4 N–H and O–H groups in total. The number of carbonyl (C=O) groups is 1. The number of nitrogens with two attached hydrogens (primary N) is 1. The number of amides is 1. The lowest BCUT2D eigenvalue weighted by molar-refractivity contribution is -0.126. The summed E-state index contributed by atoms with van der Waals surface area (Å²) >= 11 is 0. The van der Waals surface area contributed by atoms with Crippen molar-refractivity contribution in [2.24, 2.45) is 11.1 Å². The molecular formula is C16H26N2O2. The van der Waals surface area contributed by atoms with Crippen LogP contribution in [0.3, 0.4) is 0 Å². The van der Waals surface area contributed by atoms with Crippen LogP contribution in [-0.2, 0) is 10.3 Å². The second kappa shape index (κ2) is 6.37. The Morgan fingerprint density at radius 2 is 1.80 bits per heavy atom. The largest absolute Gasteiger partial charge is 0.391 e. The summed E-state index contributed by atoms with van der Waals surface area (Å²) in [5.74, 6) is -0.281. The van der Waals surface area contributed by atoms with Gasteiger partial charge in [-0.15, -0.1) is 0 Å². The number of hydrogen-bond acceptors (Lipinski definition) is 3. The average molecular weight is 278 g/mol. The summed E-state index contributed by atoms with van der Waals surface area (Å²) in [7, 11) is 0. The van der Waals surface area contributed by atoms with E-state index in [0.29, 0.717) is 6.42 Å². The number of aliphatic hydroxyl groups excluding tert-OH is 1. The molecule has 0 saturated heterocycles. The molecule has 0 aliphatic rings. The molecule has 1 aromatic carbocycles. The minimum Gasteiger partial charge on any atom is -0.391 e.